The van der Waals surface area contributed by atoms with Crippen molar-refractivity contribution in [1.29, 1.82) is 0 Å². The Kier molecular flexibility index (Phi) is 6.39. The van der Waals surface area contributed by atoms with Gasteiger partial charge in [-0.25, -0.2) is 8.78 Å². The third-order valence-corrected chi connectivity index (χ3v) is 5.39. The molecule has 0 radical (unpaired) electrons. The Hall–Kier alpha value is -1.37. The van der Waals surface area contributed by atoms with Gasteiger partial charge in [-0.2, -0.15) is 11.8 Å². The fourth-order valence-electron chi connectivity index (χ4n) is 2.12. The number of nitrogens with one attached hydrogen (secondary N) is 1. The number of hydrogen-bond acceptors (Lipinski definition) is 4. The molecule has 0 spiro atoms. The molecule has 1 aromatic carbocycles. The van der Waals surface area contributed by atoms with E-state index in [2.05, 4.69) is 19.2 Å². The van der Waals surface area contributed by atoms with Crippen molar-refractivity contribution in [3.63, 3.8) is 0 Å². The highest BCUT2D eigenvalue weighted by molar-refractivity contribution is 8.00. The number of thioether (sulfide) groups is 1. The number of rotatable bonds is 8. The summed E-state index contributed by atoms with van der Waals surface area (Å²) in [4.78, 5) is 10.0. The Labute approximate surface area is 127 Å². The van der Waals surface area contributed by atoms with Gasteiger partial charge in [-0.1, -0.05) is 13.8 Å². The molecule has 0 atom stereocenters. The maximum absolute atomic E-state index is 13.1. The predicted molar refractivity (Wildman–Crippen MR) is 83.4 cm³/mol. The highest BCUT2D eigenvalue weighted by Crippen LogP contribution is 2.34. The number of nitro groups is 1. The van der Waals surface area contributed by atoms with Crippen molar-refractivity contribution >= 4 is 23.1 Å². The van der Waals surface area contributed by atoms with Gasteiger partial charge in [0.05, 0.1) is 4.92 Å². The molecule has 21 heavy (non-hydrogen) atoms. The summed E-state index contributed by atoms with van der Waals surface area (Å²) in [5.41, 5.74) is -0.389. The molecule has 0 unspecified atom stereocenters. The second-order valence-electron chi connectivity index (χ2n) is 4.78. The first-order valence-corrected chi connectivity index (χ1v) is 7.97. The zero-order valence-electron chi connectivity index (χ0n) is 12.4. The van der Waals surface area contributed by atoms with Crippen LogP contribution in [0, 0.1) is 10.1 Å². The predicted octanol–water partition coefficient (Wildman–Crippen LogP) is 4.87. The van der Waals surface area contributed by atoms with Gasteiger partial charge in [0.1, 0.15) is 0 Å². The second kappa shape index (κ2) is 7.59. The van der Waals surface area contributed by atoms with Crippen LogP contribution < -0.4 is 5.32 Å². The number of hydrogen-bond donors (Lipinski definition) is 1. The molecule has 7 heteroatoms. The van der Waals surface area contributed by atoms with Crippen molar-refractivity contribution < 1.29 is 13.7 Å². The molecular weight excluding hydrogens is 298 g/mol. The Morgan fingerprint density at radius 2 is 2.00 bits per heavy atom. The number of anilines is 1. The van der Waals surface area contributed by atoms with Crippen molar-refractivity contribution in [2.24, 2.45) is 0 Å². The maximum Gasteiger partial charge on any atom is 0.270 e. The lowest BCUT2D eigenvalue weighted by Crippen LogP contribution is -2.32. The van der Waals surface area contributed by atoms with Gasteiger partial charge < -0.3 is 5.32 Å². The lowest BCUT2D eigenvalue weighted by molar-refractivity contribution is -0.385. The normalized spacial score (nSPS) is 11.7. The van der Waals surface area contributed by atoms with E-state index < -0.39 is 11.3 Å². The summed E-state index contributed by atoms with van der Waals surface area (Å²) in [7, 11) is 0. The Bertz CT molecular complexity index is 486. The van der Waals surface area contributed by atoms with Crippen molar-refractivity contribution in [1.82, 2.24) is 0 Å². The van der Waals surface area contributed by atoms with Gasteiger partial charge >= 0.3 is 0 Å². The molecule has 0 aliphatic carbocycles. The number of halogens is 2. The van der Waals surface area contributed by atoms with E-state index in [0.29, 0.717) is 6.54 Å². The van der Waals surface area contributed by atoms with Crippen LogP contribution in [0.15, 0.2) is 18.2 Å². The summed E-state index contributed by atoms with van der Waals surface area (Å²) in [6.07, 6.45) is 1.07. The van der Waals surface area contributed by atoms with Crippen molar-refractivity contribution in [2.75, 3.05) is 18.1 Å². The third-order valence-electron chi connectivity index (χ3n) is 3.80. The molecule has 0 amide bonds. The maximum atomic E-state index is 13.1. The third kappa shape index (κ3) is 4.30. The summed E-state index contributed by atoms with van der Waals surface area (Å²) < 4.78 is 26.1. The zero-order valence-corrected chi connectivity index (χ0v) is 13.2. The number of benzene rings is 1. The SMILES string of the molecule is CCC(CC)(CNc1ccc([N+](=O)[O-])cc1C(F)F)SC. The Morgan fingerprint density at radius 1 is 1.38 bits per heavy atom. The highest BCUT2D eigenvalue weighted by atomic mass is 32.2. The second-order valence-corrected chi connectivity index (χ2v) is 6.05. The molecule has 0 fully saturated rings. The molecule has 0 aliphatic rings. The molecule has 0 saturated carbocycles. The average molecular weight is 318 g/mol. The van der Waals surface area contributed by atoms with Crippen LogP contribution in [0.3, 0.4) is 0 Å². The Morgan fingerprint density at radius 3 is 2.43 bits per heavy atom. The van der Waals surface area contributed by atoms with Crippen LogP contribution in [-0.2, 0) is 0 Å². The van der Waals surface area contributed by atoms with E-state index in [1.54, 1.807) is 11.8 Å². The molecule has 118 valence electrons. The van der Waals surface area contributed by atoms with Crippen LogP contribution in [0.25, 0.3) is 0 Å². The van der Waals surface area contributed by atoms with Crippen molar-refractivity contribution in [2.45, 2.75) is 37.9 Å². The van der Waals surface area contributed by atoms with Gasteiger partial charge in [0, 0.05) is 34.7 Å². The first-order valence-electron chi connectivity index (χ1n) is 6.74. The van der Waals surface area contributed by atoms with E-state index in [-0.39, 0.29) is 21.7 Å². The topological polar surface area (TPSA) is 55.2 Å². The number of alkyl halides is 2. The van der Waals surface area contributed by atoms with Gasteiger partial charge in [0.2, 0.25) is 0 Å². The minimum absolute atomic E-state index is 0.0266. The minimum Gasteiger partial charge on any atom is -0.383 e. The number of nitrogens with zero attached hydrogens (tertiary/aromatic N) is 1. The summed E-state index contributed by atoms with van der Waals surface area (Å²) in [6, 6.07) is 3.54. The average Bonchev–Trinajstić information content (AvgIpc) is 2.49. The lowest BCUT2D eigenvalue weighted by Gasteiger charge is -2.30. The van der Waals surface area contributed by atoms with Crippen LogP contribution in [0.4, 0.5) is 20.2 Å². The monoisotopic (exact) mass is 318 g/mol. The molecule has 0 bridgehead atoms. The molecule has 4 nitrogen and oxygen atoms in total. The van der Waals surface area contributed by atoms with Crippen molar-refractivity contribution in [3.05, 3.63) is 33.9 Å². The van der Waals surface area contributed by atoms with Crippen LogP contribution in [0.5, 0.6) is 0 Å². The van der Waals surface area contributed by atoms with E-state index in [1.807, 2.05) is 6.26 Å². The molecule has 1 aromatic rings. The van der Waals surface area contributed by atoms with Gasteiger partial charge in [-0.15, -0.1) is 0 Å². The van der Waals surface area contributed by atoms with Crippen LogP contribution in [0.2, 0.25) is 0 Å². The molecule has 0 saturated heterocycles. The fraction of sp³-hybridized carbons (Fsp3) is 0.571. The molecule has 1 rings (SSSR count). The van der Waals surface area contributed by atoms with E-state index in [0.717, 1.165) is 18.9 Å². The summed E-state index contributed by atoms with van der Waals surface area (Å²) in [5, 5.41) is 13.7. The molecule has 0 heterocycles. The Balaban J connectivity index is 3.00. The molecule has 0 aromatic heterocycles. The van der Waals surface area contributed by atoms with Crippen LogP contribution >= 0.6 is 11.8 Å². The van der Waals surface area contributed by atoms with Gasteiger partial charge in [-0.05, 0) is 25.2 Å². The quantitative estimate of drug-likeness (QED) is 0.549. The highest BCUT2D eigenvalue weighted by Gasteiger charge is 2.26. The van der Waals surface area contributed by atoms with E-state index >= 15 is 0 Å². The molecule has 0 aliphatic heterocycles. The number of nitro benzene ring substituents is 1. The lowest BCUT2D eigenvalue weighted by atomic mass is 10.0. The summed E-state index contributed by atoms with van der Waals surface area (Å²) >= 11 is 1.70. The van der Waals surface area contributed by atoms with E-state index in [4.69, 9.17) is 0 Å². The number of non-ortho nitro benzene ring substituents is 1. The zero-order chi connectivity index (χ0) is 16.0. The fourth-order valence-corrected chi connectivity index (χ4v) is 2.92. The van der Waals surface area contributed by atoms with E-state index in [1.165, 1.54) is 12.1 Å². The van der Waals surface area contributed by atoms with Crippen molar-refractivity contribution in [3.8, 4) is 0 Å². The summed E-state index contributed by atoms with van der Waals surface area (Å²) in [5.74, 6) is 0. The van der Waals surface area contributed by atoms with E-state index in [9.17, 15) is 18.9 Å². The van der Waals surface area contributed by atoms with Crippen LogP contribution in [-0.4, -0.2) is 22.5 Å². The summed E-state index contributed by atoms with van der Waals surface area (Å²) in [6.45, 7) is 4.66. The first kappa shape index (κ1) is 17.7. The molecular formula is C14H20F2N2O2S. The smallest absolute Gasteiger partial charge is 0.270 e. The minimum atomic E-state index is -2.75. The molecule has 1 N–H and O–H groups in total. The standard InChI is InChI=1S/C14H20F2N2O2S/c1-4-14(5-2,21-3)9-17-12-7-6-10(18(19)20)8-11(12)13(15)16/h6-8,13,17H,4-5,9H2,1-3H3. The first-order chi connectivity index (χ1) is 9.89. The van der Waals surface area contributed by atoms with Gasteiger partial charge in [0.15, 0.2) is 0 Å². The largest absolute Gasteiger partial charge is 0.383 e. The van der Waals surface area contributed by atoms with Gasteiger partial charge in [-0.3, -0.25) is 10.1 Å². The van der Waals surface area contributed by atoms with Crippen LogP contribution in [0.1, 0.15) is 38.7 Å². The van der Waals surface area contributed by atoms with Gasteiger partial charge in [0.25, 0.3) is 12.1 Å².